The SMILES string of the molecule is CCCCSCC(NCC)c1ccc(CC)cc1. The highest BCUT2D eigenvalue weighted by Crippen LogP contribution is 2.20. The van der Waals surface area contributed by atoms with Crippen LogP contribution in [0.4, 0.5) is 0 Å². The molecule has 0 bridgehead atoms. The number of rotatable bonds is 9. The first kappa shape index (κ1) is 15.6. The van der Waals surface area contributed by atoms with Crippen molar-refractivity contribution < 1.29 is 0 Å². The highest BCUT2D eigenvalue weighted by atomic mass is 32.2. The van der Waals surface area contributed by atoms with E-state index in [4.69, 9.17) is 0 Å². The van der Waals surface area contributed by atoms with Crippen molar-refractivity contribution in [3.05, 3.63) is 35.4 Å². The minimum atomic E-state index is 0.503. The molecule has 2 heteroatoms. The van der Waals surface area contributed by atoms with E-state index in [1.165, 1.54) is 35.5 Å². The fraction of sp³-hybridized carbons (Fsp3) is 0.625. The van der Waals surface area contributed by atoms with Gasteiger partial charge in [0.05, 0.1) is 0 Å². The summed E-state index contributed by atoms with van der Waals surface area (Å²) in [6, 6.07) is 9.59. The molecule has 1 N–H and O–H groups in total. The average Bonchev–Trinajstić information content (AvgIpc) is 2.42. The van der Waals surface area contributed by atoms with Gasteiger partial charge in [-0.2, -0.15) is 11.8 Å². The molecule has 0 fully saturated rings. The molecule has 1 atom stereocenters. The lowest BCUT2D eigenvalue weighted by Gasteiger charge is -2.18. The molecule has 1 rings (SSSR count). The minimum Gasteiger partial charge on any atom is -0.310 e. The fourth-order valence-corrected chi connectivity index (χ4v) is 3.16. The smallest absolute Gasteiger partial charge is 0.0411 e. The van der Waals surface area contributed by atoms with Crippen LogP contribution in [-0.4, -0.2) is 18.1 Å². The van der Waals surface area contributed by atoms with E-state index in [1.54, 1.807) is 0 Å². The van der Waals surface area contributed by atoms with E-state index in [-0.39, 0.29) is 0 Å². The summed E-state index contributed by atoms with van der Waals surface area (Å²) in [6.45, 7) is 7.68. The summed E-state index contributed by atoms with van der Waals surface area (Å²) < 4.78 is 0. The summed E-state index contributed by atoms with van der Waals surface area (Å²) in [6.07, 6.45) is 3.75. The molecule has 1 aromatic carbocycles. The Labute approximate surface area is 117 Å². The maximum absolute atomic E-state index is 3.59. The van der Waals surface area contributed by atoms with Crippen molar-refractivity contribution in [2.75, 3.05) is 18.1 Å². The van der Waals surface area contributed by atoms with Crippen molar-refractivity contribution in [2.45, 2.75) is 46.1 Å². The third-order valence-corrected chi connectivity index (χ3v) is 4.31. The quantitative estimate of drug-likeness (QED) is 0.663. The van der Waals surface area contributed by atoms with Crippen LogP contribution in [0.1, 0.15) is 50.8 Å². The average molecular weight is 265 g/mol. The predicted molar refractivity (Wildman–Crippen MR) is 84.5 cm³/mol. The topological polar surface area (TPSA) is 12.0 Å². The molecule has 18 heavy (non-hydrogen) atoms. The van der Waals surface area contributed by atoms with Gasteiger partial charge in [0.1, 0.15) is 0 Å². The van der Waals surface area contributed by atoms with Crippen molar-refractivity contribution in [1.82, 2.24) is 5.32 Å². The van der Waals surface area contributed by atoms with Crippen LogP contribution in [0.25, 0.3) is 0 Å². The Kier molecular flexibility index (Phi) is 8.19. The van der Waals surface area contributed by atoms with Crippen LogP contribution >= 0.6 is 11.8 Å². The summed E-state index contributed by atoms with van der Waals surface area (Å²) in [5, 5.41) is 3.59. The number of benzene rings is 1. The Bertz CT molecular complexity index is 307. The van der Waals surface area contributed by atoms with E-state index < -0.39 is 0 Å². The van der Waals surface area contributed by atoms with Crippen LogP contribution in [0.15, 0.2) is 24.3 Å². The van der Waals surface area contributed by atoms with Crippen molar-refractivity contribution in [3.8, 4) is 0 Å². The van der Waals surface area contributed by atoms with Crippen molar-refractivity contribution in [2.24, 2.45) is 0 Å². The van der Waals surface area contributed by atoms with Gasteiger partial charge in [-0.05, 0) is 36.3 Å². The Morgan fingerprint density at radius 1 is 1.11 bits per heavy atom. The molecule has 1 unspecified atom stereocenters. The van der Waals surface area contributed by atoms with Gasteiger partial charge in [-0.25, -0.2) is 0 Å². The van der Waals surface area contributed by atoms with E-state index in [0.29, 0.717) is 6.04 Å². The number of nitrogens with one attached hydrogen (secondary N) is 1. The fourth-order valence-electron chi connectivity index (χ4n) is 1.95. The number of thioether (sulfide) groups is 1. The third kappa shape index (κ3) is 5.45. The molecule has 0 spiro atoms. The predicted octanol–water partition coefficient (Wildman–Crippen LogP) is 4.43. The van der Waals surface area contributed by atoms with Gasteiger partial charge < -0.3 is 5.32 Å². The van der Waals surface area contributed by atoms with Crippen LogP contribution in [0, 0.1) is 0 Å². The molecule has 102 valence electrons. The van der Waals surface area contributed by atoms with Gasteiger partial charge in [0.25, 0.3) is 0 Å². The van der Waals surface area contributed by atoms with E-state index >= 15 is 0 Å². The number of aryl methyl sites for hydroxylation is 1. The molecule has 0 saturated heterocycles. The molecule has 0 heterocycles. The summed E-state index contributed by atoms with van der Waals surface area (Å²) in [4.78, 5) is 0. The maximum atomic E-state index is 3.59. The normalized spacial score (nSPS) is 12.6. The second kappa shape index (κ2) is 9.46. The molecule has 0 aromatic heterocycles. The molecule has 0 aliphatic carbocycles. The molecule has 0 aliphatic rings. The summed E-state index contributed by atoms with van der Waals surface area (Å²) in [7, 11) is 0. The Morgan fingerprint density at radius 3 is 2.39 bits per heavy atom. The lowest BCUT2D eigenvalue weighted by molar-refractivity contribution is 0.605. The summed E-state index contributed by atoms with van der Waals surface area (Å²) in [5.41, 5.74) is 2.85. The second-order valence-corrected chi connectivity index (χ2v) is 5.78. The van der Waals surface area contributed by atoms with Gasteiger partial charge in [-0.3, -0.25) is 0 Å². The largest absolute Gasteiger partial charge is 0.310 e. The zero-order valence-corrected chi connectivity index (χ0v) is 12.9. The van der Waals surface area contributed by atoms with Crippen molar-refractivity contribution >= 4 is 11.8 Å². The molecule has 0 radical (unpaired) electrons. The van der Waals surface area contributed by atoms with Crippen molar-refractivity contribution in [3.63, 3.8) is 0 Å². The summed E-state index contributed by atoms with van der Waals surface area (Å²) >= 11 is 2.07. The first-order valence-corrected chi connectivity index (χ1v) is 8.37. The van der Waals surface area contributed by atoms with Crippen LogP contribution in [0.3, 0.4) is 0 Å². The van der Waals surface area contributed by atoms with E-state index in [2.05, 4.69) is 62.1 Å². The molecular weight excluding hydrogens is 238 g/mol. The minimum absolute atomic E-state index is 0.503. The summed E-state index contributed by atoms with van der Waals surface area (Å²) in [5.74, 6) is 2.46. The van der Waals surface area contributed by atoms with Gasteiger partial charge in [-0.1, -0.05) is 51.5 Å². The highest BCUT2D eigenvalue weighted by molar-refractivity contribution is 7.99. The van der Waals surface area contributed by atoms with Crippen LogP contribution in [0.5, 0.6) is 0 Å². The Balaban J connectivity index is 2.53. The third-order valence-electron chi connectivity index (χ3n) is 3.17. The van der Waals surface area contributed by atoms with E-state index in [9.17, 15) is 0 Å². The van der Waals surface area contributed by atoms with Crippen LogP contribution in [0.2, 0.25) is 0 Å². The van der Waals surface area contributed by atoms with E-state index in [0.717, 1.165) is 13.0 Å². The lowest BCUT2D eigenvalue weighted by Crippen LogP contribution is -2.23. The monoisotopic (exact) mass is 265 g/mol. The van der Waals surface area contributed by atoms with Gasteiger partial charge in [-0.15, -0.1) is 0 Å². The zero-order chi connectivity index (χ0) is 13.2. The number of unbranched alkanes of at least 4 members (excludes halogenated alkanes) is 1. The highest BCUT2D eigenvalue weighted by Gasteiger charge is 2.09. The molecule has 0 aliphatic heterocycles. The zero-order valence-electron chi connectivity index (χ0n) is 12.0. The Morgan fingerprint density at radius 2 is 1.83 bits per heavy atom. The standard InChI is InChI=1S/C16H27NS/c1-4-7-12-18-13-16(17-6-3)15-10-8-14(5-2)9-11-15/h8-11,16-17H,4-7,12-13H2,1-3H3. The van der Waals surface area contributed by atoms with Gasteiger partial charge in [0.15, 0.2) is 0 Å². The van der Waals surface area contributed by atoms with Crippen LogP contribution < -0.4 is 5.32 Å². The molecule has 0 amide bonds. The second-order valence-electron chi connectivity index (χ2n) is 4.63. The van der Waals surface area contributed by atoms with E-state index in [1.807, 2.05) is 0 Å². The van der Waals surface area contributed by atoms with Gasteiger partial charge in [0, 0.05) is 11.8 Å². The maximum Gasteiger partial charge on any atom is 0.0411 e. The molecular formula is C16H27NS. The van der Waals surface area contributed by atoms with Gasteiger partial charge >= 0.3 is 0 Å². The number of hydrogen-bond acceptors (Lipinski definition) is 2. The lowest BCUT2D eigenvalue weighted by atomic mass is 10.1. The number of hydrogen-bond donors (Lipinski definition) is 1. The molecule has 0 saturated carbocycles. The first-order chi connectivity index (χ1) is 8.81. The van der Waals surface area contributed by atoms with Crippen LogP contribution in [-0.2, 0) is 6.42 Å². The van der Waals surface area contributed by atoms with Gasteiger partial charge in [0.2, 0.25) is 0 Å². The Hall–Kier alpha value is -0.470. The molecule has 1 nitrogen and oxygen atoms in total. The van der Waals surface area contributed by atoms with Crippen molar-refractivity contribution in [1.29, 1.82) is 0 Å². The molecule has 1 aromatic rings. The first-order valence-electron chi connectivity index (χ1n) is 7.21.